The van der Waals surface area contributed by atoms with E-state index in [1.807, 2.05) is 6.92 Å². The molecule has 2 heterocycles. The number of hydrogen-bond acceptors (Lipinski definition) is 4. The number of ether oxygens (including phenoxy) is 1. The molecule has 1 unspecified atom stereocenters. The summed E-state index contributed by atoms with van der Waals surface area (Å²) in [5.74, 6) is -0.540. The Labute approximate surface area is 146 Å². The number of benzene rings is 1. The molecule has 0 spiro atoms. The summed E-state index contributed by atoms with van der Waals surface area (Å²) in [6.07, 6.45) is 0.0161. The highest BCUT2D eigenvalue weighted by atomic mass is 35.5. The Hall–Kier alpha value is -0.770. The number of halogens is 2. The number of piperazine rings is 1. The minimum absolute atomic E-state index is 0.0312. The third-order valence-electron chi connectivity index (χ3n) is 4.34. The van der Waals surface area contributed by atoms with E-state index in [0.717, 1.165) is 0 Å². The molecule has 0 radical (unpaired) electrons. The van der Waals surface area contributed by atoms with Crippen LogP contribution in [0.15, 0.2) is 18.2 Å². The van der Waals surface area contributed by atoms with Crippen molar-refractivity contribution in [3.8, 4) is 0 Å². The van der Waals surface area contributed by atoms with Gasteiger partial charge in [0.05, 0.1) is 17.2 Å². The maximum Gasteiger partial charge on any atom is 0.279 e. The lowest BCUT2D eigenvalue weighted by molar-refractivity contribution is 0.102. The van der Waals surface area contributed by atoms with E-state index in [0.29, 0.717) is 38.2 Å². The van der Waals surface area contributed by atoms with Gasteiger partial charge < -0.3 is 10.1 Å². The largest absolute Gasteiger partial charge is 0.372 e. The minimum Gasteiger partial charge on any atom is -0.372 e. The van der Waals surface area contributed by atoms with Crippen LogP contribution in [-0.4, -0.2) is 51.0 Å². The van der Waals surface area contributed by atoms with E-state index in [-0.39, 0.29) is 11.1 Å². The molecule has 2 N–H and O–H groups in total. The summed E-state index contributed by atoms with van der Waals surface area (Å²) in [5.41, 5.74) is 0.579. The molecule has 2 fully saturated rings. The molecule has 6 nitrogen and oxygen atoms in total. The first-order chi connectivity index (χ1) is 11.4. The predicted octanol–water partition coefficient (Wildman–Crippen LogP) is 1.44. The van der Waals surface area contributed by atoms with Crippen LogP contribution in [-0.2, 0) is 14.9 Å². The summed E-state index contributed by atoms with van der Waals surface area (Å²) in [4.78, 5) is 0. The fourth-order valence-corrected chi connectivity index (χ4v) is 4.75. The van der Waals surface area contributed by atoms with Crippen LogP contribution in [0.25, 0.3) is 0 Å². The summed E-state index contributed by atoms with van der Waals surface area (Å²) in [7, 11) is -3.62. The van der Waals surface area contributed by atoms with Crippen LogP contribution in [0.1, 0.15) is 25.0 Å². The Morgan fingerprint density at radius 1 is 1.46 bits per heavy atom. The molecular weight excluding hydrogens is 357 g/mol. The zero-order chi connectivity index (χ0) is 17.3. The monoisotopic (exact) mass is 377 g/mol. The lowest BCUT2D eigenvalue weighted by Crippen LogP contribution is -2.55. The first-order valence-electron chi connectivity index (χ1n) is 7.94. The van der Waals surface area contributed by atoms with Gasteiger partial charge in [-0.3, -0.25) is 0 Å². The van der Waals surface area contributed by atoms with Gasteiger partial charge in [0, 0.05) is 32.3 Å². The van der Waals surface area contributed by atoms with Crippen molar-refractivity contribution in [3.63, 3.8) is 0 Å². The second-order valence-electron chi connectivity index (χ2n) is 6.20. The van der Waals surface area contributed by atoms with Crippen LogP contribution in [0.2, 0.25) is 5.02 Å². The van der Waals surface area contributed by atoms with Crippen molar-refractivity contribution < 1.29 is 17.5 Å². The van der Waals surface area contributed by atoms with Gasteiger partial charge >= 0.3 is 0 Å². The summed E-state index contributed by atoms with van der Waals surface area (Å²) in [5, 5.41) is 3.24. The van der Waals surface area contributed by atoms with Gasteiger partial charge in [-0.15, -0.1) is 0 Å². The van der Waals surface area contributed by atoms with E-state index in [2.05, 4.69) is 10.0 Å². The van der Waals surface area contributed by atoms with Gasteiger partial charge in [-0.2, -0.15) is 17.4 Å². The average molecular weight is 378 g/mol. The highest BCUT2D eigenvalue weighted by Gasteiger charge is 2.36. The Morgan fingerprint density at radius 3 is 2.96 bits per heavy atom. The molecule has 1 aromatic carbocycles. The normalized spacial score (nSPS) is 29.0. The van der Waals surface area contributed by atoms with Crippen molar-refractivity contribution in [2.24, 2.45) is 0 Å². The van der Waals surface area contributed by atoms with E-state index in [9.17, 15) is 12.8 Å². The van der Waals surface area contributed by atoms with Gasteiger partial charge in [-0.05, 0) is 31.0 Å². The summed E-state index contributed by atoms with van der Waals surface area (Å²) >= 11 is 5.71. The standard InChI is InChI=1S/C15H21ClFN3O3S/c1-10-9-20(6-5-18-10)24(21,22)19-14-4-7-23-15(14)11-2-3-12(16)13(17)8-11/h2-3,8,10,14-15,18-19H,4-7,9H2,1H3/t10?,14-,15+/m1/s1. The number of nitrogens with one attached hydrogen (secondary N) is 2. The summed E-state index contributed by atoms with van der Waals surface area (Å²) < 4.78 is 48.7. The molecule has 3 atom stereocenters. The van der Waals surface area contributed by atoms with E-state index in [1.165, 1.54) is 16.4 Å². The fourth-order valence-electron chi connectivity index (χ4n) is 3.11. The highest BCUT2D eigenvalue weighted by Crippen LogP contribution is 2.31. The van der Waals surface area contributed by atoms with Crippen molar-refractivity contribution >= 4 is 21.8 Å². The SMILES string of the molecule is CC1CN(S(=O)(=O)N[C@@H]2CCO[C@H]2c2ccc(Cl)c(F)c2)CCN1. The molecule has 2 aliphatic heterocycles. The van der Waals surface area contributed by atoms with Gasteiger partial charge in [-0.25, -0.2) is 4.39 Å². The molecule has 24 heavy (non-hydrogen) atoms. The van der Waals surface area contributed by atoms with Crippen molar-refractivity contribution in [2.45, 2.75) is 31.5 Å². The minimum atomic E-state index is -3.62. The maximum absolute atomic E-state index is 13.7. The van der Waals surface area contributed by atoms with E-state index >= 15 is 0 Å². The molecule has 2 aliphatic rings. The number of nitrogens with zero attached hydrogens (tertiary/aromatic N) is 1. The molecule has 0 saturated carbocycles. The van der Waals surface area contributed by atoms with E-state index in [4.69, 9.17) is 16.3 Å². The summed E-state index contributed by atoms with van der Waals surface area (Å²) in [6, 6.07) is 4.09. The molecule has 9 heteroatoms. The van der Waals surface area contributed by atoms with Crippen molar-refractivity contribution in [1.82, 2.24) is 14.3 Å². The van der Waals surface area contributed by atoms with E-state index in [1.54, 1.807) is 6.07 Å². The van der Waals surface area contributed by atoms with Crippen LogP contribution in [0.3, 0.4) is 0 Å². The van der Waals surface area contributed by atoms with Gasteiger partial charge in [0.25, 0.3) is 10.2 Å². The van der Waals surface area contributed by atoms with Crippen LogP contribution in [0.5, 0.6) is 0 Å². The van der Waals surface area contributed by atoms with Crippen LogP contribution in [0, 0.1) is 5.82 Å². The number of hydrogen-bond donors (Lipinski definition) is 2. The quantitative estimate of drug-likeness (QED) is 0.833. The summed E-state index contributed by atoms with van der Waals surface area (Å²) in [6.45, 7) is 3.82. The van der Waals surface area contributed by atoms with E-state index < -0.39 is 28.2 Å². The molecule has 134 valence electrons. The second kappa shape index (κ2) is 7.23. The first kappa shape index (κ1) is 18.0. The topological polar surface area (TPSA) is 70.7 Å². The molecule has 3 rings (SSSR count). The van der Waals surface area contributed by atoms with Gasteiger partial charge in [0.15, 0.2) is 0 Å². The van der Waals surface area contributed by atoms with Gasteiger partial charge in [-0.1, -0.05) is 17.7 Å². The van der Waals surface area contributed by atoms with Gasteiger partial charge in [0.1, 0.15) is 5.82 Å². The lowest BCUT2D eigenvalue weighted by atomic mass is 10.0. The fraction of sp³-hybridized carbons (Fsp3) is 0.600. The predicted molar refractivity (Wildman–Crippen MR) is 89.6 cm³/mol. The molecule has 0 aromatic heterocycles. The molecule has 0 bridgehead atoms. The third-order valence-corrected chi connectivity index (χ3v) is 6.25. The number of rotatable bonds is 4. The zero-order valence-electron chi connectivity index (χ0n) is 13.3. The van der Waals surface area contributed by atoms with Crippen molar-refractivity contribution in [3.05, 3.63) is 34.6 Å². The highest BCUT2D eigenvalue weighted by molar-refractivity contribution is 7.87. The smallest absolute Gasteiger partial charge is 0.279 e. The molecule has 0 aliphatic carbocycles. The Kier molecular flexibility index (Phi) is 5.43. The first-order valence-corrected chi connectivity index (χ1v) is 9.76. The van der Waals surface area contributed by atoms with Crippen LogP contribution < -0.4 is 10.0 Å². The lowest BCUT2D eigenvalue weighted by Gasteiger charge is -2.32. The molecular formula is C15H21ClFN3O3S. The zero-order valence-corrected chi connectivity index (χ0v) is 14.9. The van der Waals surface area contributed by atoms with Crippen molar-refractivity contribution in [1.29, 1.82) is 0 Å². The third kappa shape index (κ3) is 3.89. The molecule has 2 saturated heterocycles. The average Bonchev–Trinajstić information content (AvgIpc) is 2.97. The van der Waals surface area contributed by atoms with Gasteiger partial charge in [0.2, 0.25) is 0 Å². The maximum atomic E-state index is 13.7. The second-order valence-corrected chi connectivity index (χ2v) is 8.31. The van der Waals surface area contributed by atoms with Crippen molar-refractivity contribution in [2.75, 3.05) is 26.2 Å². The Balaban J connectivity index is 1.74. The Bertz CT molecular complexity index is 703. The molecule has 1 aromatic rings. The Morgan fingerprint density at radius 2 is 2.25 bits per heavy atom. The van der Waals surface area contributed by atoms with Crippen LogP contribution >= 0.6 is 11.6 Å². The van der Waals surface area contributed by atoms with Crippen LogP contribution in [0.4, 0.5) is 4.39 Å². The molecule has 0 amide bonds.